The Balaban J connectivity index is 1.69. The molecular weight excluding hydrogens is 385 g/mol. The van der Waals surface area contributed by atoms with Gasteiger partial charge in [0, 0.05) is 17.3 Å². The third-order valence-corrected chi connectivity index (χ3v) is 5.19. The fraction of sp³-hybridized carbons (Fsp3) is 0.300. The molecule has 2 aromatic rings. The van der Waals surface area contributed by atoms with Crippen molar-refractivity contribution in [3.63, 3.8) is 0 Å². The van der Waals surface area contributed by atoms with Gasteiger partial charge in [0.05, 0.1) is 17.1 Å². The summed E-state index contributed by atoms with van der Waals surface area (Å²) in [7, 11) is 1.85. The van der Waals surface area contributed by atoms with Gasteiger partial charge in [-0.15, -0.1) is 0 Å². The smallest absolute Gasteiger partial charge is 0.283 e. The fourth-order valence-electron chi connectivity index (χ4n) is 2.95. The largest absolute Gasteiger partial charge is 0.348 e. The zero-order valence-electron chi connectivity index (χ0n) is 15.0. The summed E-state index contributed by atoms with van der Waals surface area (Å²) in [5.41, 5.74) is 1.45. The number of amides is 2. The summed E-state index contributed by atoms with van der Waals surface area (Å²) in [5, 5.41) is 6.66. The highest BCUT2D eigenvalue weighted by Gasteiger charge is 2.34. The van der Waals surface area contributed by atoms with E-state index >= 15 is 0 Å². The van der Waals surface area contributed by atoms with Gasteiger partial charge >= 0.3 is 0 Å². The molecule has 0 radical (unpaired) electrons. The molecule has 0 aliphatic heterocycles. The molecule has 2 aromatic carbocycles. The number of likely N-dealkylation sites (N-methyl/N-ethyl adjacent to an activating group) is 1. The molecule has 1 saturated carbocycles. The third kappa shape index (κ3) is 5.45. The second kappa shape index (κ2) is 8.74. The van der Waals surface area contributed by atoms with Crippen molar-refractivity contribution < 1.29 is 14.5 Å². The van der Waals surface area contributed by atoms with Crippen LogP contribution in [0.3, 0.4) is 0 Å². The number of quaternary nitrogens is 1. The summed E-state index contributed by atoms with van der Waals surface area (Å²) >= 11 is 11.9. The van der Waals surface area contributed by atoms with Crippen molar-refractivity contribution in [3.05, 3.63) is 64.1 Å². The lowest BCUT2D eigenvalue weighted by Crippen LogP contribution is -3.11. The van der Waals surface area contributed by atoms with E-state index in [2.05, 4.69) is 10.6 Å². The summed E-state index contributed by atoms with van der Waals surface area (Å²) in [6.07, 6.45) is 2.04. The molecule has 1 unspecified atom stereocenters. The van der Waals surface area contributed by atoms with Gasteiger partial charge in [0.2, 0.25) is 0 Å². The molecule has 5 nitrogen and oxygen atoms in total. The lowest BCUT2D eigenvalue weighted by atomic mass is 10.0. The van der Waals surface area contributed by atoms with Crippen LogP contribution in [0.5, 0.6) is 0 Å². The van der Waals surface area contributed by atoms with Crippen molar-refractivity contribution >= 4 is 40.7 Å². The number of anilines is 1. The summed E-state index contributed by atoms with van der Waals surface area (Å²) in [5.74, 6) is -0.255. The lowest BCUT2D eigenvalue weighted by molar-refractivity contribution is -0.894. The molecule has 2 amide bonds. The van der Waals surface area contributed by atoms with Crippen LogP contribution in [-0.2, 0) is 9.59 Å². The highest BCUT2D eigenvalue weighted by Crippen LogP contribution is 2.25. The molecule has 0 bridgehead atoms. The van der Waals surface area contributed by atoms with Crippen LogP contribution in [0.1, 0.15) is 24.4 Å². The molecule has 1 aliphatic carbocycles. The van der Waals surface area contributed by atoms with Crippen LogP contribution in [0.2, 0.25) is 10.0 Å². The molecular formula is C20H22Cl2N3O2+. The van der Waals surface area contributed by atoms with E-state index < -0.39 is 6.04 Å². The minimum atomic E-state index is -0.452. The number of hydrogen-bond acceptors (Lipinski definition) is 2. The molecule has 3 rings (SSSR count). The van der Waals surface area contributed by atoms with Crippen LogP contribution in [-0.4, -0.2) is 31.4 Å². The van der Waals surface area contributed by atoms with Crippen molar-refractivity contribution in [2.24, 2.45) is 0 Å². The van der Waals surface area contributed by atoms with Crippen LogP contribution < -0.4 is 15.5 Å². The topological polar surface area (TPSA) is 62.6 Å². The molecule has 27 heavy (non-hydrogen) atoms. The van der Waals surface area contributed by atoms with Crippen molar-refractivity contribution in [1.82, 2.24) is 5.32 Å². The molecule has 2 atom stereocenters. The number of rotatable bonds is 7. The first-order valence-electron chi connectivity index (χ1n) is 8.86. The first-order chi connectivity index (χ1) is 12.9. The van der Waals surface area contributed by atoms with E-state index in [-0.39, 0.29) is 24.4 Å². The maximum absolute atomic E-state index is 12.8. The molecule has 0 heterocycles. The van der Waals surface area contributed by atoms with Crippen LogP contribution >= 0.6 is 23.2 Å². The van der Waals surface area contributed by atoms with Crippen molar-refractivity contribution in [3.8, 4) is 0 Å². The molecule has 3 N–H and O–H groups in total. The number of benzene rings is 2. The second-order valence-corrected chi connectivity index (χ2v) is 7.64. The number of halogens is 2. The summed E-state index contributed by atoms with van der Waals surface area (Å²) in [4.78, 5) is 26.0. The van der Waals surface area contributed by atoms with Crippen LogP contribution in [0.15, 0.2) is 48.5 Å². The van der Waals surface area contributed by atoms with E-state index in [0.29, 0.717) is 15.7 Å². The Morgan fingerprint density at radius 1 is 1.11 bits per heavy atom. The molecule has 0 spiro atoms. The van der Waals surface area contributed by atoms with Gasteiger partial charge in [0.15, 0.2) is 12.6 Å². The van der Waals surface area contributed by atoms with Gasteiger partial charge in [-0.05, 0) is 31.0 Å². The van der Waals surface area contributed by atoms with Crippen molar-refractivity contribution in [2.75, 3.05) is 18.9 Å². The zero-order chi connectivity index (χ0) is 19.4. The standard InChI is InChI=1S/C20H21Cl2N3O2/c1-25(12-18(26)23-15-9-10-16(21)17(22)11-15)19(13-5-3-2-4-6-13)20(27)24-14-7-8-14/h2-6,9-11,14,19H,7-8,12H2,1H3,(H,23,26)(H,24,27)/p+1/t19-/m1/s1. The molecule has 0 saturated heterocycles. The van der Waals surface area contributed by atoms with E-state index in [1.54, 1.807) is 18.2 Å². The summed E-state index contributed by atoms with van der Waals surface area (Å²) in [6, 6.07) is 14.3. The molecule has 1 aliphatic rings. The minimum absolute atomic E-state index is 0.0523. The Labute approximate surface area is 168 Å². The average Bonchev–Trinajstić information content (AvgIpc) is 3.43. The lowest BCUT2D eigenvalue weighted by Gasteiger charge is -2.24. The number of carbonyl (C=O) groups excluding carboxylic acids is 2. The maximum Gasteiger partial charge on any atom is 0.283 e. The molecule has 7 heteroatoms. The summed E-state index contributed by atoms with van der Waals surface area (Å²) in [6.45, 7) is 0.137. The number of nitrogens with one attached hydrogen (secondary N) is 3. The van der Waals surface area contributed by atoms with Crippen LogP contribution in [0.4, 0.5) is 5.69 Å². The van der Waals surface area contributed by atoms with E-state index in [1.165, 1.54) is 0 Å². The Hall–Kier alpha value is -2.08. The Morgan fingerprint density at radius 3 is 2.44 bits per heavy atom. The first kappa shape index (κ1) is 19.7. The molecule has 0 aromatic heterocycles. The monoisotopic (exact) mass is 406 g/mol. The van der Waals surface area contributed by atoms with Gasteiger partial charge in [-0.25, -0.2) is 0 Å². The van der Waals surface area contributed by atoms with Gasteiger partial charge in [-0.3, -0.25) is 9.59 Å². The van der Waals surface area contributed by atoms with Crippen LogP contribution in [0, 0.1) is 0 Å². The highest BCUT2D eigenvalue weighted by atomic mass is 35.5. The Kier molecular flexibility index (Phi) is 6.37. The predicted octanol–water partition coefficient (Wildman–Crippen LogP) is 2.47. The summed E-state index contributed by atoms with van der Waals surface area (Å²) < 4.78 is 0. The normalized spacial score (nSPS) is 15.7. The van der Waals surface area contributed by atoms with E-state index in [4.69, 9.17) is 23.2 Å². The van der Waals surface area contributed by atoms with E-state index in [9.17, 15) is 9.59 Å². The van der Waals surface area contributed by atoms with Gasteiger partial charge < -0.3 is 15.5 Å². The SMILES string of the molecule is C[NH+](CC(=O)Nc1ccc(Cl)c(Cl)c1)[C@@H](C(=O)NC1CC1)c1ccccc1. The van der Waals surface area contributed by atoms with Gasteiger partial charge in [0.25, 0.3) is 11.8 Å². The first-order valence-corrected chi connectivity index (χ1v) is 9.62. The second-order valence-electron chi connectivity index (χ2n) is 6.83. The maximum atomic E-state index is 12.8. The van der Waals surface area contributed by atoms with Gasteiger partial charge in [-0.2, -0.15) is 0 Å². The van der Waals surface area contributed by atoms with Crippen LogP contribution in [0.25, 0.3) is 0 Å². The number of hydrogen-bond donors (Lipinski definition) is 3. The highest BCUT2D eigenvalue weighted by molar-refractivity contribution is 6.42. The zero-order valence-corrected chi connectivity index (χ0v) is 16.5. The van der Waals surface area contributed by atoms with Crippen molar-refractivity contribution in [1.29, 1.82) is 0 Å². The van der Waals surface area contributed by atoms with Gasteiger partial charge in [0.1, 0.15) is 0 Å². The van der Waals surface area contributed by atoms with Gasteiger partial charge in [-0.1, -0.05) is 53.5 Å². The van der Waals surface area contributed by atoms with E-state index in [0.717, 1.165) is 23.3 Å². The quantitative estimate of drug-likeness (QED) is 0.661. The third-order valence-electron chi connectivity index (χ3n) is 4.45. The Bertz CT molecular complexity index is 825. The fourth-order valence-corrected chi connectivity index (χ4v) is 3.25. The molecule has 142 valence electrons. The average molecular weight is 407 g/mol. The Morgan fingerprint density at radius 2 is 1.81 bits per heavy atom. The van der Waals surface area contributed by atoms with Crippen molar-refractivity contribution in [2.45, 2.75) is 24.9 Å². The molecule has 1 fully saturated rings. The number of carbonyl (C=O) groups is 2. The minimum Gasteiger partial charge on any atom is -0.348 e. The predicted molar refractivity (Wildman–Crippen MR) is 107 cm³/mol. The van der Waals surface area contributed by atoms with E-state index in [1.807, 2.05) is 37.4 Å².